The summed E-state index contributed by atoms with van der Waals surface area (Å²) in [6, 6.07) is 24.8. The Morgan fingerprint density at radius 2 is 1.48 bits per heavy atom. The Balaban J connectivity index is 1.60. The summed E-state index contributed by atoms with van der Waals surface area (Å²) in [4.78, 5) is 11.0. The number of carboxylic acids is 1. The minimum absolute atomic E-state index is 0.243. The Kier molecular flexibility index (Phi) is 5.32. The molecule has 0 unspecified atom stereocenters. The molecule has 4 heteroatoms. The smallest absolute Gasteiger partial charge is 0.335 e. The van der Waals surface area contributed by atoms with E-state index in [9.17, 15) is 4.79 Å². The van der Waals surface area contributed by atoms with Gasteiger partial charge in [0.25, 0.3) is 0 Å². The topological polar surface area (TPSA) is 55.8 Å². The average molecular weight is 333 g/mol. The van der Waals surface area contributed by atoms with Crippen LogP contribution in [0.5, 0.6) is 11.5 Å². The molecule has 0 saturated carbocycles. The fourth-order valence-electron chi connectivity index (χ4n) is 2.30. The molecule has 3 aromatic carbocycles. The highest BCUT2D eigenvalue weighted by molar-refractivity contribution is 5.87. The molecule has 0 aromatic heterocycles. The van der Waals surface area contributed by atoms with E-state index in [1.165, 1.54) is 0 Å². The predicted molar refractivity (Wildman–Crippen MR) is 93.8 cm³/mol. The minimum atomic E-state index is -0.952. The lowest BCUT2D eigenvalue weighted by Crippen LogP contribution is -2.00. The zero-order valence-corrected chi connectivity index (χ0v) is 13.5. The number of benzene rings is 3. The molecular weight excluding hydrogens is 316 g/mol. The fourth-order valence-corrected chi connectivity index (χ4v) is 2.30. The predicted octanol–water partition coefficient (Wildman–Crippen LogP) is 4.34. The van der Waals surface area contributed by atoms with E-state index in [4.69, 9.17) is 14.6 Å². The van der Waals surface area contributed by atoms with Gasteiger partial charge in [-0.3, -0.25) is 0 Å². The molecule has 0 spiro atoms. The third kappa shape index (κ3) is 4.85. The molecule has 0 aliphatic rings. The van der Waals surface area contributed by atoms with Crippen molar-refractivity contribution in [1.29, 1.82) is 0 Å². The maximum Gasteiger partial charge on any atom is 0.335 e. The van der Waals surface area contributed by atoms with Crippen LogP contribution in [-0.4, -0.2) is 11.1 Å². The second kappa shape index (κ2) is 8.02. The highest BCUT2D eigenvalue weighted by Crippen LogP contribution is 2.21. The maximum atomic E-state index is 11.0. The first kappa shape index (κ1) is 16.6. The largest absolute Gasteiger partial charge is 0.489 e. The van der Waals surface area contributed by atoms with Crippen LogP contribution in [0.4, 0.5) is 0 Å². The van der Waals surface area contributed by atoms with E-state index < -0.39 is 5.97 Å². The lowest BCUT2D eigenvalue weighted by Gasteiger charge is -2.10. The summed E-state index contributed by atoms with van der Waals surface area (Å²) in [7, 11) is 0. The molecule has 0 aliphatic heterocycles. The van der Waals surface area contributed by atoms with E-state index in [1.54, 1.807) is 36.4 Å². The summed E-state index contributed by atoms with van der Waals surface area (Å²) in [5, 5.41) is 9.02. The van der Waals surface area contributed by atoms with Gasteiger partial charge in [-0.25, -0.2) is 4.79 Å². The number of aromatic carboxylic acids is 1. The van der Waals surface area contributed by atoms with E-state index in [2.05, 4.69) is 6.07 Å². The molecule has 4 nitrogen and oxygen atoms in total. The summed E-state index contributed by atoms with van der Waals surface area (Å²) in [6.45, 7) is 0.746. The molecule has 0 saturated heterocycles. The van der Waals surface area contributed by atoms with Gasteiger partial charge < -0.3 is 14.6 Å². The molecule has 0 amide bonds. The third-order valence-corrected chi connectivity index (χ3v) is 3.56. The van der Waals surface area contributed by atoms with E-state index >= 15 is 0 Å². The van der Waals surface area contributed by atoms with E-state index in [0.717, 1.165) is 11.1 Å². The summed E-state index contributed by atoms with van der Waals surface area (Å²) in [6.07, 6.45) is 0. The molecule has 3 aromatic rings. The first-order chi connectivity index (χ1) is 12.2. The first-order valence-electron chi connectivity index (χ1n) is 7.83. The van der Waals surface area contributed by atoms with Gasteiger partial charge in [-0.2, -0.15) is 0 Å². The molecule has 1 N–H and O–H groups in total. The van der Waals surface area contributed by atoms with Crippen LogP contribution in [0.15, 0.2) is 72.8 Å². The van der Waals surface area contributed by atoms with Crippen LogP contribution in [0, 0.1) is 6.07 Å². The van der Waals surface area contributed by atoms with Crippen molar-refractivity contribution in [2.45, 2.75) is 13.2 Å². The number of ether oxygens (including phenoxy) is 2. The van der Waals surface area contributed by atoms with Crippen molar-refractivity contribution in [3.63, 3.8) is 0 Å². The van der Waals surface area contributed by atoms with E-state index in [1.807, 2.05) is 36.4 Å². The molecule has 0 heterocycles. The van der Waals surface area contributed by atoms with Gasteiger partial charge in [0.2, 0.25) is 0 Å². The normalized spacial score (nSPS) is 10.2. The number of hydrogen-bond donors (Lipinski definition) is 1. The van der Waals surface area contributed by atoms with Gasteiger partial charge in [-0.05, 0) is 41.5 Å². The summed E-state index contributed by atoms with van der Waals surface area (Å²) in [5.41, 5.74) is 2.11. The molecule has 125 valence electrons. The quantitative estimate of drug-likeness (QED) is 0.699. The number of rotatable bonds is 7. The van der Waals surface area contributed by atoms with Crippen LogP contribution < -0.4 is 9.47 Å². The van der Waals surface area contributed by atoms with Gasteiger partial charge in [0.05, 0.1) is 5.56 Å². The van der Waals surface area contributed by atoms with Crippen LogP contribution in [-0.2, 0) is 13.2 Å². The van der Waals surface area contributed by atoms with Gasteiger partial charge in [-0.15, -0.1) is 0 Å². The number of carbonyl (C=O) groups is 1. The molecule has 0 fully saturated rings. The van der Waals surface area contributed by atoms with Crippen molar-refractivity contribution in [1.82, 2.24) is 0 Å². The Morgan fingerprint density at radius 1 is 0.840 bits per heavy atom. The zero-order chi connectivity index (χ0) is 17.5. The lowest BCUT2D eigenvalue weighted by molar-refractivity contribution is 0.0696. The molecular formula is C21H17O4. The average Bonchev–Trinajstić information content (AvgIpc) is 2.66. The maximum absolute atomic E-state index is 11.0. The summed E-state index contributed by atoms with van der Waals surface area (Å²) >= 11 is 0. The molecule has 1 radical (unpaired) electrons. The SMILES string of the molecule is O=C(O)c1cccc(COc2c[c]cc(OCc3ccccc3)c2)c1. The van der Waals surface area contributed by atoms with Crippen LogP contribution in [0.3, 0.4) is 0 Å². The van der Waals surface area contributed by atoms with Crippen LogP contribution in [0.2, 0.25) is 0 Å². The Bertz CT molecular complexity index is 843. The van der Waals surface area contributed by atoms with Crippen molar-refractivity contribution in [2.24, 2.45) is 0 Å². The van der Waals surface area contributed by atoms with Gasteiger partial charge in [0.1, 0.15) is 24.7 Å². The molecule has 3 rings (SSSR count). The Labute approximate surface area is 146 Å². The van der Waals surface area contributed by atoms with Gasteiger partial charge in [0.15, 0.2) is 0 Å². The van der Waals surface area contributed by atoms with Crippen LogP contribution >= 0.6 is 0 Å². The highest BCUT2D eigenvalue weighted by Gasteiger charge is 2.04. The number of hydrogen-bond acceptors (Lipinski definition) is 3. The van der Waals surface area contributed by atoms with Crippen LogP contribution in [0.25, 0.3) is 0 Å². The Morgan fingerprint density at radius 3 is 2.16 bits per heavy atom. The van der Waals surface area contributed by atoms with Crippen molar-refractivity contribution < 1.29 is 19.4 Å². The third-order valence-electron chi connectivity index (χ3n) is 3.56. The molecule has 25 heavy (non-hydrogen) atoms. The van der Waals surface area contributed by atoms with E-state index in [0.29, 0.717) is 18.1 Å². The summed E-state index contributed by atoms with van der Waals surface area (Å²) in [5.74, 6) is 0.332. The minimum Gasteiger partial charge on any atom is -0.489 e. The fraction of sp³-hybridized carbons (Fsp3) is 0.0952. The Hall–Kier alpha value is -3.27. The van der Waals surface area contributed by atoms with Gasteiger partial charge in [-0.1, -0.05) is 42.5 Å². The van der Waals surface area contributed by atoms with Crippen LogP contribution in [0.1, 0.15) is 21.5 Å². The van der Waals surface area contributed by atoms with Gasteiger partial charge in [0, 0.05) is 6.07 Å². The monoisotopic (exact) mass is 333 g/mol. The molecule has 0 aliphatic carbocycles. The molecule has 0 atom stereocenters. The van der Waals surface area contributed by atoms with Crippen molar-refractivity contribution >= 4 is 5.97 Å². The second-order valence-corrected chi connectivity index (χ2v) is 5.47. The van der Waals surface area contributed by atoms with Crippen molar-refractivity contribution in [3.8, 4) is 11.5 Å². The summed E-state index contributed by atoms with van der Waals surface area (Å²) < 4.78 is 11.5. The highest BCUT2D eigenvalue weighted by atomic mass is 16.5. The van der Waals surface area contributed by atoms with E-state index in [-0.39, 0.29) is 12.2 Å². The number of carboxylic acid groups (broad SMARTS) is 1. The standard InChI is InChI=1S/C21H17O4/c22-21(23)18-9-4-8-17(12-18)15-25-20-11-5-10-19(13-20)24-14-16-6-2-1-3-7-16/h1-4,6-13H,14-15H2,(H,22,23). The zero-order valence-electron chi connectivity index (χ0n) is 13.5. The van der Waals surface area contributed by atoms with Gasteiger partial charge >= 0.3 is 5.97 Å². The van der Waals surface area contributed by atoms with Crippen molar-refractivity contribution in [2.75, 3.05) is 0 Å². The van der Waals surface area contributed by atoms with Crippen molar-refractivity contribution in [3.05, 3.63) is 95.6 Å². The molecule has 0 bridgehead atoms. The first-order valence-corrected chi connectivity index (χ1v) is 7.83. The second-order valence-electron chi connectivity index (χ2n) is 5.47. The lowest BCUT2D eigenvalue weighted by atomic mass is 10.1.